The molecule has 0 fully saturated rings. The third kappa shape index (κ3) is 4.73. The van der Waals surface area contributed by atoms with Gasteiger partial charge in [0.1, 0.15) is 0 Å². The van der Waals surface area contributed by atoms with Crippen molar-refractivity contribution in [3.8, 4) is 11.5 Å². The van der Waals surface area contributed by atoms with Crippen LogP contribution in [-0.2, 0) is 4.74 Å². The number of methoxy groups -OCH3 is 2. The summed E-state index contributed by atoms with van der Waals surface area (Å²) >= 11 is 3.42. The maximum absolute atomic E-state index is 10.9. The fourth-order valence-corrected chi connectivity index (χ4v) is 1.94. The zero-order valence-electron chi connectivity index (χ0n) is 11.6. The molecule has 7 heteroatoms. The molecular formula is C13H17BrN2O4. The Morgan fingerprint density at radius 2 is 2.20 bits per heavy atom. The minimum absolute atomic E-state index is 0.590. The zero-order valence-corrected chi connectivity index (χ0v) is 13.2. The number of rotatable bonds is 6. The van der Waals surface area contributed by atoms with Crippen molar-refractivity contribution in [2.75, 3.05) is 20.8 Å². The molecule has 0 aliphatic heterocycles. The molecule has 0 aliphatic carbocycles. The highest BCUT2D eigenvalue weighted by molar-refractivity contribution is 9.10. The van der Waals surface area contributed by atoms with Gasteiger partial charge in [0, 0.05) is 0 Å². The largest absolute Gasteiger partial charge is 0.493 e. The molecule has 0 unspecified atom stereocenters. The molecule has 0 aromatic heterocycles. The van der Waals surface area contributed by atoms with Crippen molar-refractivity contribution in [3.05, 3.63) is 22.2 Å². The number of hydrazone groups is 1. The lowest BCUT2D eigenvalue weighted by Gasteiger charge is -2.12. The van der Waals surface area contributed by atoms with E-state index < -0.39 is 6.09 Å². The van der Waals surface area contributed by atoms with Crippen molar-refractivity contribution in [1.29, 1.82) is 0 Å². The van der Waals surface area contributed by atoms with E-state index in [1.165, 1.54) is 13.3 Å². The van der Waals surface area contributed by atoms with E-state index in [2.05, 4.69) is 31.2 Å². The van der Waals surface area contributed by atoms with E-state index in [0.717, 1.165) is 16.5 Å². The van der Waals surface area contributed by atoms with Gasteiger partial charge in [0.05, 0.1) is 31.5 Å². The Kier molecular flexibility index (Phi) is 6.86. The van der Waals surface area contributed by atoms with Crippen LogP contribution in [0, 0.1) is 0 Å². The van der Waals surface area contributed by atoms with E-state index in [-0.39, 0.29) is 0 Å². The summed E-state index contributed by atoms with van der Waals surface area (Å²) in [4.78, 5) is 10.9. The standard InChI is InChI=1S/C13H17BrN2O4/c1-4-5-20-12-10(14)6-9(7-11(12)18-2)8-15-16-13(17)19-3/h6-8H,4-5H2,1-3H3,(H,16,17)/b15-8+. The molecule has 1 N–H and O–H groups in total. The van der Waals surface area contributed by atoms with Crippen molar-refractivity contribution in [1.82, 2.24) is 5.43 Å². The van der Waals surface area contributed by atoms with Gasteiger partial charge in [0.2, 0.25) is 0 Å². The molecule has 0 saturated carbocycles. The van der Waals surface area contributed by atoms with Gasteiger partial charge >= 0.3 is 6.09 Å². The highest BCUT2D eigenvalue weighted by Gasteiger charge is 2.10. The van der Waals surface area contributed by atoms with Crippen LogP contribution in [0.3, 0.4) is 0 Å². The van der Waals surface area contributed by atoms with Gasteiger partial charge in [-0.3, -0.25) is 0 Å². The van der Waals surface area contributed by atoms with Gasteiger partial charge < -0.3 is 14.2 Å². The molecule has 0 heterocycles. The monoisotopic (exact) mass is 344 g/mol. The first kappa shape index (κ1) is 16.3. The topological polar surface area (TPSA) is 69.2 Å². The van der Waals surface area contributed by atoms with E-state index in [0.29, 0.717) is 18.1 Å². The maximum Gasteiger partial charge on any atom is 0.427 e. The number of nitrogens with one attached hydrogen (secondary N) is 1. The predicted molar refractivity (Wildman–Crippen MR) is 79.6 cm³/mol. The van der Waals surface area contributed by atoms with Crippen molar-refractivity contribution in [2.45, 2.75) is 13.3 Å². The summed E-state index contributed by atoms with van der Waals surface area (Å²) in [6.07, 6.45) is 1.76. The van der Waals surface area contributed by atoms with Crippen LogP contribution < -0.4 is 14.9 Å². The molecule has 0 bridgehead atoms. The number of hydrogen-bond acceptors (Lipinski definition) is 5. The van der Waals surface area contributed by atoms with Crippen LogP contribution in [0.2, 0.25) is 0 Å². The lowest BCUT2D eigenvalue weighted by atomic mass is 10.2. The van der Waals surface area contributed by atoms with Crippen molar-refractivity contribution >= 4 is 28.2 Å². The van der Waals surface area contributed by atoms with Gasteiger partial charge in [-0.05, 0) is 40.0 Å². The Morgan fingerprint density at radius 1 is 1.45 bits per heavy atom. The van der Waals surface area contributed by atoms with E-state index >= 15 is 0 Å². The molecule has 0 aliphatic rings. The number of benzene rings is 1. The third-order valence-electron chi connectivity index (χ3n) is 2.26. The van der Waals surface area contributed by atoms with Gasteiger partial charge in [0.25, 0.3) is 0 Å². The minimum Gasteiger partial charge on any atom is -0.493 e. The molecule has 1 amide bonds. The number of halogens is 1. The molecule has 1 aromatic rings. The highest BCUT2D eigenvalue weighted by atomic mass is 79.9. The van der Waals surface area contributed by atoms with E-state index in [9.17, 15) is 4.79 Å². The predicted octanol–water partition coefficient (Wildman–Crippen LogP) is 2.94. The molecular weight excluding hydrogens is 328 g/mol. The summed E-state index contributed by atoms with van der Waals surface area (Å²) in [6, 6.07) is 3.58. The molecule has 0 radical (unpaired) electrons. The summed E-state index contributed by atoms with van der Waals surface area (Å²) in [5.74, 6) is 1.24. The molecule has 0 atom stereocenters. The summed E-state index contributed by atoms with van der Waals surface area (Å²) in [7, 11) is 2.83. The second kappa shape index (κ2) is 8.42. The Labute approximate surface area is 126 Å². The van der Waals surface area contributed by atoms with Crippen molar-refractivity contribution < 1.29 is 19.0 Å². The Hall–Kier alpha value is -1.76. The van der Waals surface area contributed by atoms with Crippen LogP contribution in [0.15, 0.2) is 21.7 Å². The quantitative estimate of drug-likeness (QED) is 0.636. The van der Waals surface area contributed by atoms with Crippen molar-refractivity contribution in [3.63, 3.8) is 0 Å². The van der Waals surface area contributed by atoms with E-state index in [4.69, 9.17) is 9.47 Å². The highest BCUT2D eigenvalue weighted by Crippen LogP contribution is 2.36. The van der Waals surface area contributed by atoms with Gasteiger partial charge in [-0.2, -0.15) is 5.10 Å². The summed E-state index contributed by atoms with van der Waals surface area (Å²) in [5, 5.41) is 3.75. The minimum atomic E-state index is -0.629. The molecule has 0 spiro atoms. The molecule has 0 saturated heterocycles. The number of amides is 1. The Balaban J connectivity index is 2.89. The van der Waals surface area contributed by atoms with Gasteiger partial charge in [-0.25, -0.2) is 10.2 Å². The first-order chi connectivity index (χ1) is 9.62. The molecule has 1 aromatic carbocycles. The van der Waals surface area contributed by atoms with Crippen LogP contribution in [0.1, 0.15) is 18.9 Å². The zero-order chi connectivity index (χ0) is 15.0. The first-order valence-electron chi connectivity index (χ1n) is 5.99. The van der Waals surface area contributed by atoms with Gasteiger partial charge in [-0.1, -0.05) is 6.92 Å². The molecule has 6 nitrogen and oxygen atoms in total. The first-order valence-corrected chi connectivity index (χ1v) is 6.79. The second-order valence-electron chi connectivity index (χ2n) is 3.74. The van der Waals surface area contributed by atoms with E-state index in [1.54, 1.807) is 13.2 Å². The normalized spacial score (nSPS) is 10.4. The number of ether oxygens (including phenoxy) is 3. The van der Waals surface area contributed by atoms with Crippen LogP contribution >= 0.6 is 15.9 Å². The van der Waals surface area contributed by atoms with Crippen LogP contribution in [0.4, 0.5) is 4.79 Å². The number of nitrogens with zero attached hydrogens (tertiary/aromatic N) is 1. The summed E-state index contributed by atoms with van der Waals surface area (Å²) < 4.78 is 16.1. The summed E-state index contributed by atoms with van der Waals surface area (Å²) in [6.45, 7) is 2.63. The number of hydrogen-bond donors (Lipinski definition) is 1. The average molecular weight is 345 g/mol. The van der Waals surface area contributed by atoms with Crippen LogP contribution in [-0.4, -0.2) is 33.1 Å². The van der Waals surface area contributed by atoms with E-state index in [1.807, 2.05) is 13.0 Å². The Bertz CT molecular complexity index is 492. The maximum atomic E-state index is 10.9. The number of carbonyl (C=O) groups excluding carboxylic acids is 1. The van der Waals surface area contributed by atoms with Gasteiger partial charge in [0.15, 0.2) is 11.5 Å². The fraction of sp³-hybridized carbons (Fsp3) is 0.385. The molecule has 110 valence electrons. The smallest absolute Gasteiger partial charge is 0.427 e. The van der Waals surface area contributed by atoms with Crippen LogP contribution in [0.5, 0.6) is 11.5 Å². The van der Waals surface area contributed by atoms with Gasteiger partial charge in [-0.15, -0.1) is 0 Å². The fourth-order valence-electron chi connectivity index (χ4n) is 1.36. The lowest BCUT2D eigenvalue weighted by Crippen LogP contribution is -2.16. The number of carbonyl (C=O) groups is 1. The van der Waals surface area contributed by atoms with Crippen LogP contribution in [0.25, 0.3) is 0 Å². The lowest BCUT2D eigenvalue weighted by molar-refractivity contribution is 0.171. The average Bonchev–Trinajstić information content (AvgIpc) is 2.45. The summed E-state index contributed by atoms with van der Waals surface area (Å²) in [5.41, 5.74) is 2.95. The SMILES string of the molecule is CCCOc1c(Br)cc(/C=N/NC(=O)OC)cc1OC. The Morgan fingerprint density at radius 3 is 2.80 bits per heavy atom. The second-order valence-corrected chi connectivity index (χ2v) is 4.60. The third-order valence-corrected chi connectivity index (χ3v) is 2.85. The van der Waals surface area contributed by atoms with Crippen molar-refractivity contribution in [2.24, 2.45) is 5.10 Å². The molecule has 1 rings (SSSR count). The molecule has 20 heavy (non-hydrogen) atoms.